The Morgan fingerprint density at radius 1 is 1.23 bits per heavy atom. The SMILES string of the molecule is C=CCCCCCC(CC)CCO. The molecule has 1 atom stereocenters. The molecule has 1 nitrogen and oxygen atoms in total. The average Bonchev–Trinajstić information content (AvgIpc) is 2.16. The second-order valence-corrected chi connectivity index (χ2v) is 3.71. The van der Waals surface area contributed by atoms with E-state index in [-0.39, 0.29) is 0 Å². The smallest absolute Gasteiger partial charge is 0.0433 e. The number of aliphatic hydroxyl groups is 1. The molecular formula is C12H24O. The summed E-state index contributed by atoms with van der Waals surface area (Å²) in [5, 5.41) is 8.80. The minimum atomic E-state index is 0.352. The normalized spacial score (nSPS) is 12.8. The molecule has 0 saturated carbocycles. The highest BCUT2D eigenvalue weighted by Crippen LogP contribution is 2.17. The first-order chi connectivity index (χ1) is 6.35. The van der Waals surface area contributed by atoms with Gasteiger partial charge in [-0.05, 0) is 25.2 Å². The van der Waals surface area contributed by atoms with Crippen LogP contribution in [0.3, 0.4) is 0 Å². The third-order valence-corrected chi connectivity index (χ3v) is 2.64. The van der Waals surface area contributed by atoms with Gasteiger partial charge in [0.2, 0.25) is 0 Å². The van der Waals surface area contributed by atoms with E-state index in [1.807, 2.05) is 6.08 Å². The van der Waals surface area contributed by atoms with Crippen molar-refractivity contribution in [3.8, 4) is 0 Å². The molecule has 1 unspecified atom stereocenters. The molecule has 1 heteroatoms. The monoisotopic (exact) mass is 184 g/mol. The van der Waals surface area contributed by atoms with Crippen molar-refractivity contribution in [1.29, 1.82) is 0 Å². The molecule has 0 aliphatic carbocycles. The Hall–Kier alpha value is -0.300. The van der Waals surface area contributed by atoms with E-state index in [1.54, 1.807) is 0 Å². The molecule has 78 valence electrons. The second kappa shape index (κ2) is 9.79. The summed E-state index contributed by atoms with van der Waals surface area (Å²) in [7, 11) is 0. The number of unbranched alkanes of at least 4 members (excludes halogenated alkanes) is 3. The molecule has 1 N–H and O–H groups in total. The van der Waals surface area contributed by atoms with Crippen LogP contribution in [0.1, 0.15) is 51.9 Å². The molecule has 0 bridgehead atoms. The van der Waals surface area contributed by atoms with Crippen LogP contribution < -0.4 is 0 Å². The van der Waals surface area contributed by atoms with Crippen LogP contribution in [0.25, 0.3) is 0 Å². The van der Waals surface area contributed by atoms with Crippen LogP contribution in [0, 0.1) is 5.92 Å². The first-order valence-electron chi connectivity index (χ1n) is 5.56. The summed E-state index contributed by atoms with van der Waals surface area (Å²) in [6.45, 7) is 6.27. The molecule has 0 fully saturated rings. The minimum Gasteiger partial charge on any atom is -0.396 e. The van der Waals surface area contributed by atoms with Crippen molar-refractivity contribution in [2.75, 3.05) is 6.61 Å². The quantitative estimate of drug-likeness (QED) is 0.429. The van der Waals surface area contributed by atoms with Crippen LogP contribution >= 0.6 is 0 Å². The first kappa shape index (κ1) is 12.7. The van der Waals surface area contributed by atoms with Gasteiger partial charge in [-0.25, -0.2) is 0 Å². The van der Waals surface area contributed by atoms with Crippen molar-refractivity contribution < 1.29 is 5.11 Å². The molecule has 0 saturated heterocycles. The second-order valence-electron chi connectivity index (χ2n) is 3.71. The fourth-order valence-corrected chi connectivity index (χ4v) is 1.63. The average molecular weight is 184 g/mol. The number of aliphatic hydroxyl groups excluding tert-OH is 1. The first-order valence-corrected chi connectivity index (χ1v) is 5.56. The van der Waals surface area contributed by atoms with Crippen molar-refractivity contribution >= 4 is 0 Å². The Kier molecular flexibility index (Phi) is 9.56. The largest absolute Gasteiger partial charge is 0.396 e. The molecule has 0 amide bonds. The van der Waals surface area contributed by atoms with Crippen LogP contribution in [-0.2, 0) is 0 Å². The van der Waals surface area contributed by atoms with E-state index in [0.717, 1.165) is 18.8 Å². The maximum atomic E-state index is 8.80. The highest BCUT2D eigenvalue weighted by molar-refractivity contribution is 4.66. The molecule has 0 heterocycles. The molecule has 0 aliphatic heterocycles. The van der Waals surface area contributed by atoms with Gasteiger partial charge in [0.1, 0.15) is 0 Å². The van der Waals surface area contributed by atoms with E-state index in [0.29, 0.717) is 6.61 Å². The molecule has 13 heavy (non-hydrogen) atoms. The number of hydrogen-bond acceptors (Lipinski definition) is 1. The van der Waals surface area contributed by atoms with Crippen molar-refractivity contribution in [3.63, 3.8) is 0 Å². The van der Waals surface area contributed by atoms with Gasteiger partial charge in [-0.3, -0.25) is 0 Å². The van der Waals surface area contributed by atoms with Gasteiger partial charge in [-0.1, -0.05) is 38.7 Å². The molecule has 0 aromatic carbocycles. The van der Waals surface area contributed by atoms with E-state index in [4.69, 9.17) is 5.11 Å². The van der Waals surface area contributed by atoms with E-state index in [1.165, 1.54) is 32.1 Å². The van der Waals surface area contributed by atoms with E-state index < -0.39 is 0 Å². The molecule has 0 rings (SSSR count). The maximum absolute atomic E-state index is 8.80. The third kappa shape index (κ3) is 8.04. The molecule has 0 aromatic rings. The van der Waals surface area contributed by atoms with Crippen molar-refractivity contribution in [1.82, 2.24) is 0 Å². The lowest BCUT2D eigenvalue weighted by Crippen LogP contribution is -2.01. The van der Waals surface area contributed by atoms with E-state index in [9.17, 15) is 0 Å². The van der Waals surface area contributed by atoms with Crippen molar-refractivity contribution in [3.05, 3.63) is 12.7 Å². The van der Waals surface area contributed by atoms with E-state index >= 15 is 0 Å². The van der Waals surface area contributed by atoms with Crippen LogP contribution in [0.15, 0.2) is 12.7 Å². The van der Waals surface area contributed by atoms with Gasteiger partial charge in [0.05, 0.1) is 0 Å². The highest BCUT2D eigenvalue weighted by atomic mass is 16.3. The van der Waals surface area contributed by atoms with Gasteiger partial charge in [0, 0.05) is 6.61 Å². The summed E-state index contributed by atoms with van der Waals surface area (Å²) < 4.78 is 0. The van der Waals surface area contributed by atoms with Gasteiger partial charge in [0.15, 0.2) is 0 Å². The molecule has 0 aromatic heterocycles. The van der Waals surface area contributed by atoms with Gasteiger partial charge in [-0.2, -0.15) is 0 Å². The lowest BCUT2D eigenvalue weighted by Gasteiger charge is -2.12. The molecule has 0 radical (unpaired) electrons. The predicted molar refractivity (Wildman–Crippen MR) is 58.8 cm³/mol. The molecule has 0 spiro atoms. The Morgan fingerprint density at radius 3 is 2.54 bits per heavy atom. The summed E-state index contributed by atoms with van der Waals surface area (Å²) in [5.41, 5.74) is 0. The van der Waals surface area contributed by atoms with Crippen LogP contribution in [0.4, 0.5) is 0 Å². The lowest BCUT2D eigenvalue weighted by atomic mass is 9.95. The fraction of sp³-hybridized carbons (Fsp3) is 0.833. The summed E-state index contributed by atoms with van der Waals surface area (Å²) in [5.74, 6) is 0.744. The minimum absolute atomic E-state index is 0.352. The number of hydrogen-bond donors (Lipinski definition) is 1. The Morgan fingerprint density at radius 2 is 2.00 bits per heavy atom. The Balaban J connectivity index is 3.22. The van der Waals surface area contributed by atoms with Crippen LogP contribution in [-0.4, -0.2) is 11.7 Å². The Labute approximate surface area is 82.9 Å². The number of allylic oxidation sites excluding steroid dienone is 1. The van der Waals surface area contributed by atoms with Crippen molar-refractivity contribution in [2.45, 2.75) is 51.9 Å². The van der Waals surface area contributed by atoms with Gasteiger partial charge >= 0.3 is 0 Å². The topological polar surface area (TPSA) is 20.2 Å². The van der Waals surface area contributed by atoms with Gasteiger partial charge < -0.3 is 5.11 Å². The van der Waals surface area contributed by atoms with Crippen molar-refractivity contribution in [2.24, 2.45) is 5.92 Å². The summed E-state index contributed by atoms with van der Waals surface area (Å²) >= 11 is 0. The maximum Gasteiger partial charge on any atom is 0.0433 e. The fourth-order valence-electron chi connectivity index (χ4n) is 1.63. The van der Waals surface area contributed by atoms with Gasteiger partial charge in [-0.15, -0.1) is 6.58 Å². The summed E-state index contributed by atoms with van der Waals surface area (Å²) in [6.07, 6.45) is 10.5. The standard InChI is InChI=1S/C12H24O/c1-3-5-6-7-8-9-12(4-2)10-11-13/h3,12-13H,1,4-11H2,2H3. The summed E-state index contributed by atoms with van der Waals surface area (Å²) in [6, 6.07) is 0. The van der Waals surface area contributed by atoms with Crippen LogP contribution in [0.5, 0.6) is 0 Å². The van der Waals surface area contributed by atoms with Gasteiger partial charge in [0.25, 0.3) is 0 Å². The third-order valence-electron chi connectivity index (χ3n) is 2.64. The molecular weight excluding hydrogens is 160 g/mol. The van der Waals surface area contributed by atoms with E-state index in [2.05, 4.69) is 13.5 Å². The summed E-state index contributed by atoms with van der Waals surface area (Å²) in [4.78, 5) is 0. The zero-order chi connectivity index (χ0) is 9.94. The highest BCUT2D eigenvalue weighted by Gasteiger charge is 2.04. The zero-order valence-electron chi connectivity index (χ0n) is 8.97. The van der Waals surface area contributed by atoms with Crippen LogP contribution in [0.2, 0.25) is 0 Å². The molecule has 0 aliphatic rings. The Bertz CT molecular complexity index is 110. The predicted octanol–water partition coefficient (Wildman–Crippen LogP) is 3.53. The zero-order valence-corrected chi connectivity index (χ0v) is 8.97. The number of rotatable bonds is 9. The lowest BCUT2D eigenvalue weighted by molar-refractivity contribution is 0.247.